The zero-order valence-corrected chi connectivity index (χ0v) is 10.8. The van der Waals surface area contributed by atoms with E-state index in [0.717, 1.165) is 0 Å². The fourth-order valence-corrected chi connectivity index (χ4v) is 0. The monoisotopic (exact) mass is 268 g/mol. The predicted molar refractivity (Wildman–Crippen MR) is 20.0 cm³/mol. The molecule has 0 saturated carbocycles. The first-order chi connectivity index (χ1) is 2.00. The molecule has 0 aliphatic heterocycles. The van der Waals surface area contributed by atoms with Crippen LogP contribution >= 0.6 is 7.82 Å². The van der Waals surface area contributed by atoms with Crippen molar-refractivity contribution in [3.05, 3.63) is 0 Å². The molecular formula is H3AgCaNaO4P+4. The minimum atomic E-state index is -4.64. The molecule has 0 bridgehead atoms. The molecule has 42 valence electrons. The number of phosphoric acid groups is 1. The second kappa shape index (κ2) is 10.1. The number of rotatable bonds is 0. The second-order valence-corrected chi connectivity index (χ2v) is 1.54. The minimum Gasteiger partial charge on any atom is -0.303 e. The average Bonchev–Trinajstić information content (AvgIpc) is 0.722. The first-order valence-corrected chi connectivity index (χ1v) is 2.35. The Hall–Kier alpha value is 3.11. The van der Waals surface area contributed by atoms with E-state index in [4.69, 9.17) is 19.2 Å². The third kappa shape index (κ3) is 61.9. The molecule has 8 heavy (non-hydrogen) atoms. The maximum atomic E-state index is 8.88. The van der Waals surface area contributed by atoms with Gasteiger partial charge in [-0.05, 0) is 0 Å². The molecule has 0 atom stereocenters. The smallest absolute Gasteiger partial charge is 0.303 e. The third-order valence-electron chi connectivity index (χ3n) is 0. The maximum Gasteiger partial charge on any atom is 2.00 e. The van der Waals surface area contributed by atoms with E-state index in [1.54, 1.807) is 0 Å². The Morgan fingerprint density at radius 3 is 1.12 bits per heavy atom. The summed E-state index contributed by atoms with van der Waals surface area (Å²) in [7, 11) is -4.64. The molecule has 0 rings (SSSR count). The van der Waals surface area contributed by atoms with Gasteiger partial charge in [0, 0.05) is 0 Å². The Morgan fingerprint density at radius 1 is 1.12 bits per heavy atom. The summed E-state index contributed by atoms with van der Waals surface area (Å²) < 4.78 is 8.88. The Kier molecular flexibility index (Phi) is 28.4. The van der Waals surface area contributed by atoms with Crippen LogP contribution in [-0.4, -0.2) is 52.4 Å². The van der Waals surface area contributed by atoms with Crippen LogP contribution in [0.4, 0.5) is 0 Å². The van der Waals surface area contributed by atoms with Gasteiger partial charge >= 0.3 is 97.5 Å². The second-order valence-electron chi connectivity index (χ2n) is 0.513. The van der Waals surface area contributed by atoms with Gasteiger partial charge in [0.25, 0.3) is 0 Å². The van der Waals surface area contributed by atoms with Crippen LogP contribution in [0, 0.1) is 0 Å². The summed E-state index contributed by atoms with van der Waals surface area (Å²) in [6, 6.07) is 0. The van der Waals surface area contributed by atoms with Crippen LogP contribution < -0.4 is 29.6 Å². The van der Waals surface area contributed by atoms with Gasteiger partial charge in [-0.1, -0.05) is 0 Å². The van der Waals surface area contributed by atoms with Gasteiger partial charge in [-0.25, -0.2) is 4.57 Å². The van der Waals surface area contributed by atoms with E-state index in [1.165, 1.54) is 0 Å². The van der Waals surface area contributed by atoms with Crippen LogP contribution in [0.3, 0.4) is 0 Å². The molecule has 4 nitrogen and oxygen atoms in total. The summed E-state index contributed by atoms with van der Waals surface area (Å²) >= 11 is 0. The SMILES string of the molecule is O=P(O)(O)O.[Ag+].[Ca+2].[Na+]. The largest absolute Gasteiger partial charge is 2.00 e. The molecule has 0 heterocycles. The summed E-state index contributed by atoms with van der Waals surface area (Å²) in [6.45, 7) is 0. The first-order valence-electron chi connectivity index (χ1n) is 0.783. The predicted octanol–water partition coefficient (Wildman–Crippen LogP) is -4.31. The summed E-state index contributed by atoms with van der Waals surface area (Å²) in [6.07, 6.45) is 0. The molecule has 0 aliphatic rings. The summed E-state index contributed by atoms with van der Waals surface area (Å²) in [5.74, 6) is 0. The molecule has 0 aromatic carbocycles. The topological polar surface area (TPSA) is 77.8 Å². The minimum absolute atomic E-state index is 0. The van der Waals surface area contributed by atoms with Crippen molar-refractivity contribution >= 4 is 45.6 Å². The van der Waals surface area contributed by atoms with Gasteiger partial charge in [-0.2, -0.15) is 0 Å². The van der Waals surface area contributed by atoms with Crippen LogP contribution in [0.5, 0.6) is 0 Å². The van der Waals surface area contributed by atoms with Crippen molar-refractivity contribution in [3.8, 4) is 0 Å². The number of hydrogen-bond acceptors (Lipinski definition) is 1. The molecule has 0 aromatic heterocycles. The van der Waals surface area contributed by atoms with Gasteiger partial charge < -0.3 is 14.7 Å². The van der Waals surface area contributed by atoms with Crippen LogP contribution in [0.1, 0.15) is 0 Å². The van der Waals surface area contributed by atoms with Crippen molar-refractivity contribution in [2.45, 2.75) is 0 Å². The molecule has 0 amide bonds. The van der Waals surface area contributed by atoms with Crippen LogP contribution in [0.15, 0.2) is 0 Å². The third-order valence-corrected chi connectivity index (χ3v) is 0. The zero-order valence-electron chi connectivity index (χ0n) is 4.21. The average molecular weight is 269 g/mol. The Balaban J connectivity index is -0.0000000267. The van der Waals surface area contributed by atoms with Crippen molar-refractivity contribution in [1.82, 2.24) is 0 Å². The quantitative estimate of drug-likeness (QED) is 0.307. The Morgan fingerprint density at radius 2 is 1.12 bits per heavy atom. The van der Waals surface area contributed by atoms with Gasteiger partial charge in [0.05, 0.1) is 0 Å². The van der Waals surface area contributed by atoms with Crippen molar-refractivity contribution < 1.29 is 71.2 Å². The molecular weight excluding hydrogens is 266 g/mol. The van der Waals surface area contributed by atoms with Gasteiger partial charge in [0.15, 0.2) is 0 Å². The Labute approximate surface area is 114 Å². The standard InChI is InChI=1S/Ag.Ca.Na.H3O4P/c;;;1-5(2,3)4/h;;;(H3,1,2,3,4)/q+1;+2;+1;. The van der Waals surface area contributed by atoms with Crippen LogP contribution in [0.2, 0.25) is 0 Å². The van der Waals surface area contributed by atoms with Gasteiger partial charge in [-0.15, -0.1) is 0 Å². The summed E-state index contributed by atoms with van der Waals surface area (Å²) in [5, 5.41) is 0. The van der Waals surface area contributed by atoms with E-state index in [0.29, 0.717) is 0 Å². The molecule has 3 N–H and O–H groups in total. The normalized spacial score (nSPS) is 7.38. The van der Waals surface area contributed by atoms with Crippen molar-refractivity contribution in [2.75, 3.05) is 0 Å². The van der Waals surface area contributed by atoms with Crippen LogP contribution in [0.25, 0.3) is 0 Å². The van der Waals surface area contributed by atoms with Gasteiger partial charge in [0.1, 0.15) is 0 Å². The molecule has 0 fully saturated rings. The van der Waals surface area contributed by atoms with E-state index >= 15 is 0 Å². The van der Waals surface area contributed by atoms with E-state index in [1.807, 2.05) is 0 Å². The van der Waals surface area contributed by atoms with Crippen molar-refractivity contribution in [1.29, 1.82) is 0 Å². The maximum absolute atomic E-state index is 8.88. The molecule has 0 aliphatic carbocycles. The molecule has 8 heteroatoms. The summed E-state index contributed by atoms with van der Waals surface area (Å²) in [5.41, 5.74) is 0. The molecule has 0 unspecified atom stereocenters. The Bertz CT molecular complexity index is 62.2. The van der Waals surface area contributed by atoms with Crippen molar-refractivity contribution in [2.24, 2.45) is 0 Å². The fourth-order valence-electron chi connectivity index (χ4n) is 0. The summed E-state index contributed by atoms with van der Waals surface area (Å²) in [4.78, 5) is 21.6. The first kappa shape index (κ1) is 22.5. The fraction of sp³-hybridized carbons (Fsp3) is 0. The van der Waals surface area contributed by atoms with E-state index in [-0.39, 0.29) is 89.7 Å². The van der Waals surface area contributed by atoms with E-state index < -0.39 is 7.82 Å². The molecule has 0 radical (unpaired) electrons. The van der Waals surface area contributed by atoms with E-state index in [9.17, 15) is 0 Å². The van der Waals surface area contributed by atoms with Gasteiger partial charge in [-0.3, -0.25) is 0 Å². The van der Waals surface area contributed by atoms with E-state index in [2.05, 4.69) is 0 Å². The molecule has 0 saturated heterocycles. The molecule has 0 spiro atoms. The zero-order chi connectivity index (χ0) is 4.50. The van der Waals surface area contributed by atoms with Crippen molar-refractivity contribution in [3.63, 3.8) is 0 Å². The van der Waals surface area contributed by atoms with Gasteiger partial charge in [0.2, 0.25) is 0 Å². The number of hydrogen-bond donors (Lipinski definition) is 3. The van der Waals surface area contributed by atoms with Crippen LogP contribution in [-0.2, 0) is 26.9 Å². The molecule has 0 aromatic rings.